The molecule has 28 heavy (non-hydrogen) atoms. The van der Waals surface area contributed by atoms with Crippen molar-refractivity contribution in [1.82, 2.24) is 15.6 Å². The van der Waals surface area contributed by atoms with Crippen molar-refractivity contribution in [3.05, 3.63) is 70.2 Å². The average Bonchev–Trinajstić information content (AvgIpc) is 3.18. The molecule has 0 bridgehead atoms. The Bertz CT molecular complexity index is 990. The van der Waals surface area contributed by atoms with Crippen LogP contribution < -0.4 is 10.6 Å². The van der Waals surface area contributed by atoms with Gasteiger partial charge in [-0.15, -0.1) is 11.3 Å². The molecule has 1 aromatic heterocycles. The molecule has 0 aliphatic rings. The van der Waals surface area contributed by atoms with E-state index in [1.165, 1.54) is 29.7 Å². The highest BCUT2D eigenvalue weighted by Gasteiger charge is 2.13. The van der Waals surface area contributed by atoms with Gasteiger partial charge < -0.3 is 15.7 Å². The van der Waals surface area contributed by atoms with Gasteiger partial charge in [0.25, 0.3) is 11.8 Å². The molecule has 3 aromatic rings. The minimum atomic E-state index is -0.269. The number of nitrogens with one attached hydrogen (secondary N) is 2. The lowest BCUT2D eigenvalue weighted by atomic mass is 10.2. The van der Waals surface area contributed by atoms with E-state index in [0.717, 1.165) is 5.56 Å². The van der Waals surface area contributed by atoms with Crippen LogP contribution in [-0.4, -0.2) is 35.0 Å². The number of aromatic nitrogens is 1. The van der Waals surface area contributed by atoms with E-state index in [0.29, 0.717) is 40.0 Å². The predicted molar refractivity (Wildman–Crippen MR) is 110 cm³/mol. The van der Waals surface area contributed by atoms with Gasteiger partial charge in [0.05, 0.1) is 11.2 Å². The number of phenolic OH excluding ortho intramolecular Hbond substituents is 1. The van der Waals surface area contributed by atoms with Crippen LogP contribution in [0.15, 0.2) is 54.7 Å². The Labute approximate surface area is 171 Å². The summed E-state index contributed by atoms with van der Waals surface area (Å²) in [4.78, 5) is 29.0. The summed E-state index contributed by atoms with van der Waals surface area (Å²) >= 11 is 7.44. The first kappa shape index (κ1) is 19.9. The van der Waals surface area contributed by atoms with Crippen LogP contribution in [0, 0.1) is 0 Å². The van der Waals surface area contributed by atoms with Gasteiger partial charge in [0, 0.05) is 24.2 Å². The summed E-state index contributed by atoms with van der Waals surface area (Å²) in [5, 5.41) is 16.2. The van der Waals surface area contributed by atoms with Crippen molar-refractivity contribution in [2.75, 3.05) is 13.1 Å². The van der Waals surface area contributed by atoms with E-state index in [4.69, 9.17) is 11.6 Å². The third-order valence-corrected chi connectivity index (χ3v) is 5.23. The quantitative estimate of drug-likeness (QED) is 0.513. The van der Waals surface area contributed by atoms with E-state index in [9.17, 15) is 14.7 Å². The van der Waals surface area contributed by atoms with Crippen LogP contribution in [0.2, 0.25) is 5.02 Å². The summed E-state index contributed by atoms with van der Waals surface area (Å²) in [6.45, 7) is 0.820. The van der Waals surface area contributed by atoms with E-state index >= 15 is 0 Å². The largest absolute Gasteiger partial charge is 0.508 e. The lowest BCUT2D eigenvalue weighted by Gasteiger charge is -2.06. The minimum Gasteiger partial charge on any atom is -0.508 e. The van der Waals surface area contributed by atoms with Crippen LogP contribution in [-0.2, 0) is 0 Å². The molecular formula is C20H18ClN3O3S. The molecule has 2 aromatic carbocycles. The standard InChI is InChI=1S/C20H18ClN3O3S/c21-16-8-2-1-7-15(16)20-24-12-17(28-20)19(27)23-10-4-9-22-18(26)13-5-3-6-14(25)11-13/h1-3,5-8,11-12,25H,4,9-10H2,(H,22,26)(H,23,27). The maximum absolute atomic E-state index is 12.2. The summed E-state index contributed by atoms with van der Waals surface area (Å²) in [5.41, 5.74) is 1.18. The van der Waals surface area contributed by atoms with Gasteiger partial charge in [-0.3, -0.25) is 9.59 Å². The number of hydrogen-bond acceptors (Lipinski definition) is 5. The van der Waals surface area contributed by atoms with Crippen LogP contribution in [0.25, 0.3) is 10.6 Å². The summed E-state index contributed by atoms with van der Waals surface area (Å²) in [6.07, 6.45) is 2.11. The number of carbonyl (C=O) groups is 2. The van der Waals surface area contributed by atoms with Crippen molar-refractivity contribution >= 4 is 34.8 Å². The smallest absolute Gasteiger partial charge is 0.263 e. The van der Waals surface area contributed by atoms with E-state index in [1.807, 2.05) is 18.2 Å². The Kier molecular flexibility index (Phi) is 6.62. The fraction of sp³-hybridized carbons (Fsp3) is 0.150. The third kappa shape index (κ3) is 5.09. The van der Waals surface area contributed by atoms with Crippen molar-refractivity contribution in [3.63, 3.8) is 0 Å². The normalized spacial score (nSPS) is 10.5. The Hall–Kier alpha value is -2.90. The van der Waals surface area contributed by atoms with E-state index in [-0.39, 0.29) is 17.6 Å². The number of halogens is 1. The zero-order valence-electron chi connectivity index (χ0n) is 14.8. The topological polar surface area (TPSA) is 91.3 Å². The first-order valence-corrected chi connectivity index (χ1v) is 9.80. The molecule has 1 heterocycles. The second kappa shape index (κ2) is 9.34. The molecule has 0 aliphatic heterocycles. The Morgan fingerprint density at radius 1 is 1.04 bits per heavy atom. The van der Waals surface area contributed by atoms with Gasteiger partial charge in [0.1, 0.15) is 15.6 Å². The van der Waals surface area contributed by atoms with Crippen molar-refractivity contribution in [2.45, 2.75) is 6.42 Å². The number of thiazole rings is 1. The van der Waals surface area contributed by atoms with Gasteiger partial charge in [-0.25, -0.2) is 4.98 Å². The maximum atomic E-state index is 12.2. The Balaban J connectivity index is 1.44. The van der Waals surface area contributed by atoms with Crippen molar-refractivity contribution in [3.8, 4) is 16.3 Å². The Morgan fingerprint density at radius 3 is 2.54 bits per heavy atom. The predicted octanol–water partition coefficient (Wildman–Crippen LogP) is 3.72. The van der Waals surface area contributed by atoms with Crippen molar-refractivity contribution in [2.24, 2.45) is 0 Å². The number of amides is 2. The highest BCUT2D eigenvalue weighted by Crippen LogP contribution is 2.30. The van der Waals surface area contributed by atoms with E-state index in [1.54, 1.807) is 18.2 Å². The highest BCUT2D eigenvalue weighted by molar-refractivity contribution is 7.17. The van der Waals surface area contributed by atoms with Crippen LogP contribution in [0.5, 0.6) is 5.75 Å². The molecule has 0 saturated carbocycles. The lowest BCUT2D eigenvalue weighted by Crippen LogP contribution is -2.29. The number of benzene rings is 2. The summed E-state index contributed by atoms with van der Waals surface area (Å²) in [7, 11) is 0. The van der Waals surface area contributed by atoms with Gasteiger partial charge in [-0.05, 0) is 30.7 Å². The van der Waals surface area contributed by atoms with Crippen LogP contribution in [0.1, 0.15) is 26.5 Å². The molecule has 3 N–H and O–H groups in total. The maximum Gasteiger partial charge on any atom is 0.263 e. The zero-order valence-corrected chi connectivity index (χ0v) is 16.4. The zero-order chi connectivity index (χ0) is 19.9. The van der Waals surface area contributed by atoms with Crippen molar-refractivity contribution < 1.29 is 14.7 Å². The van der Waals surface area contributed by atoms with Crippen LogP contribution >= 0.6 is 22.9 Å². The molecule has 0 fully saturated rings. The van der Waals surface area contributed by atoms with E-state index in [2.05, 4.69) is 15.6 Å². The Morgan fingerprint density at radius 2 is 1.79 bits per heavy atom. The molecule has 0 radical (unpaired) electrons. The molecule has 3 rings (SSSR count). The number of rotatable bonds is 7. The van der Waals surface area contributed by atoms with Gasteiger partial charge >= 0.3 is 0 Å². The monoisotopic (exact) mass is 415 g/mol. The molecule has 144 valence electrons. The summed E-state index contributed by atoms with van der Waals surface area (Å²) in [6, 6.07) is 13.5. The molecule has 0 saturated heterocycles. The molecule has 8 heteroatoms. The summed E-state index contributed by atoms with van der Waals surface area (Å²) in [5.74, 6) is -0.440. The number of aromatic hydroxyl groups is 1. The first-order chi connectivity index (χ1) is 13.5. The second-order valence-corrected chi connectivity index (χ2v) is 7.36. The van der Waals surface area contributed by atoms with Gasteiger partial charge in [-0.1, -0.05) is 35.9 Å². The van der Waals surface area contributed by atoms with Crippen molar-refractivity contribution in [1.29, 1.82) is 0 Å². The molecule has 0 aliphatic carbocycles. The number of nitrogens with zero attached hydrogens (tertiary/aromatic N) is 1. The minimum absolute atomic E-state index is 0.0423. The van der Waals surface area contributed by atoms with Gasteiger partial charge in [0.15, 0.2) is 0 Å². The fourth-order valence-corrected chi connectivity index (χ4v) is 3.62. The first-order valence-electron chi connectivity index (χ1n) is 8.61. The van der Waals surface area contributed by atoms with Gasteiger partial charge in [0.2, 0.25) is 0 Å². The average molecular weight is 416 g/mol. The highest BCUT2D eigenvalue weighted by atomic mass is 35.5. The molecular weight excluding hydrogens is 398 g/mol. The number of carbonyl (C=O) groups excluding carboxylic acids is 2. The van der Waals surface area contributed by atoms with Crippen LogP contribution in [0.4, 0.5) is 0 Å². The second-order valence-electron chi connectivity index (χ2n) is 5.93. The number of phenols is 1. The fourth-order valence-electron chi connectivity index (χ4n) is 2.47. The lowest BCUT2D eigenvalue weighted by molar-refractivity contribution is 0.0952. The molecule has 0 spiro atoms. The third-order valence-electron chi connectivity index (χ3n) is 3.87. The molecule has 0 atom stereocenters. The summed E-state index contributed by atoms with van der Waals surface area (Å²) < 4.78 is 0. The van der Waals surface area contributed by atoms with Crippen LogP contribution in [0.3, 0.4) is 0 Å². The molecule has 6 nitrogen and oxygen atoms in total. The SMILES string of the molecule is O=C(NCCCNC(=O)c1cnc(-c2ccccc2Cl)s1)c1cccc(O)c1. The number of hydrogen-bond donors (Lipinski definition) is 3. The van der Waals surface area contributed by atoms with E-state index < -0.39 is 0 Å². The van der Waals surface area contributed by atoms with Gasteiger partial charge in [-0.2, -0.15) is 0 Å². The molecule has 0 unspecified atom stereocenters. The molecule has 2 amide bonds.